The molecular formula is C10H8Cl2N6. The number of fused-ring (bicyclic) bond motifs is 1. The van der Waals surface area contributed by atoms with Gasteiger partial charge >= 0.3 is 0 Å². The Morgan fingerprint density at radius 3 is 2.89 bits per heavy atom. The average molecular weight is 283 g/mol. The zero-order valence-electron chi connectivity index (χ0n) is 9.28. The van der Waals surface area contributed by atoms with E-state index in [1.165, 1.54) is 0 Å². The molecule has 3 heterocycles. The van der Waals surface area contributed by atoms with Crippen LogP contribution >= 0.6 is 23.2 Å². The molecule has 0 spiro atoms. The molecule has 0 saturated carbocycles. The summed E-state index contributed by atoms with van der Waals surface area (Å²) in [5.74, 6) is 0.388. The van der Waals surface area contributed by atoms with Crippen LogP contribution in [0.5, 0.6) is 0 Å². The van der Waals surface area contributed by atoms with Crippen LogP contribution in [0, 0.1) is 0 Å². The van der Waals surface area contributed by atoms with Crippen LogP contribution in [0.1, 0.15) is 0 Å². The van der Waals surface area contributed by atoms with Crippen molar-refractivity contribution in [2.75, 3.05) is 5.32 Å². The molecule has 0 aliphatic carbocycles. The number of aromatic amines is 1. The van der Waals surface area contributed by atoms with E-state index in [4.69, 9.17) is 23.2 Å². The van der Waals surface area contributed by atoms with Gasteiger partial charge in [-0.25, -0.2) is 0 Å². The summed E-state index contributed by atoms with van der Waals surface area (Å²) in [6.45, 7) is 0. The minimum Gasteiger partial charge on any atom is -0.344 e. The summed E-state index contributed by atoms with van der Waals surface area (Å²) in [5.41, 5.74) is 1.37. The topological polar surface area (TPSA) is 71.4 Å². The SMILES string of the molecule is Cn1cc(Nc2nc(Cl)c3c(Cl)c[nH]c3n2)cn1. The van der Waals surface area contributed by atoms with E-state index >= 15 is 0 Å². The van der Waals surface area contributed by atoms with Crippen LogP contribution in [0.2, 0.25) is 10.2 Å². The zero-order valence-corrected chi connectivity index (χ0v) is 10.8. The lowest BCUT2D eigenvalue weighted by atomic mass is 10.4. The Labute approximate surface area is 112 Å². The number of anilines is 2. The molecule has 0 unspecified atom stereocenters. The van der Waals surface area contributed by atoms with Crippen molar-refractivity contribution in [3.05, 3.63) is 28.8 Å². The molecule has 0 fully saturated rings. The van der Waals surface area contributed by atoms with E-state index in [1.54, 1.807) is 17.1 Å². The molecule has 0 bridgehead atoms. The van der Waals surface area contributed by atoms with Gasteiger partial charge in [0.05, 0.1) is 22.3 Å². The fourth-order valence-corrected chi connectivity index (χ4v) is 2.18. The summed E-state index contributed by atoms with van der Waals surface area (Å²) in [4.78, 5) is 11.4. The molecule has 6 nitrogen and oxygen atoms in total. The largest absolute Gasteiger partial charge is 0.344 e. The van der Waals surface area contributed by atoms with Gasteiger partial charge in [0.15, 0.2) is 0 Å². The van der Waals surface area contributed by atoms with E-state index in [1.807, 2.05) is 13.2 Å². The highest BCUT2D eigenvalue weighted by atomic mass is 35.5. The van der Waals surface area contributed by atoms with E-state index < -0.39 is 0 Å². The number of aromatic nitrogens is 5. The van der Waals surface area contributed by atoms with Crippen molar-refractivity contribution >= 4 is 45.9 Å². The first-order chi connectivity index (χ1) is 8.63. The molecule has 3 aromatic heterocycles. The molecule has 0 atom stereocenters. The number of aryl methyl sites for hydroxylation is 1. The van der Waals surface area contributed by atoms with E-state index in [2.05, 4.69) is 25.4 Å². The van der Waals surface area contributed by atoms with E-state index in [0.29, 0.717) is 27.2 Å². The summed E-state index contributed by atoms with van der Waals surface area (Å²) in [5, 5.41) is 8.48. The highest BCUT2D eigenvalue weighted by Gasteiger charge is 2.11. The highest BCUT2D eigenvalue weighted by molar-refractivity contribution is 6.41. The predicted molar refractivity (Wildman–Crippen MR) is 70.4 cm³/mol. The quantitative estimate of drug-likeness (QED) is 0.709. The van der Waals surface area contributed by atoms with Crippen molar-refractivity contribution in [2.24, 2.45) is 7.05 Å². The fourth-order valence-electron chi connectivity index (χ4n) is 1.62. The second kappa shape index (κ2) is 4.15. The van der Waals surface area contributed by atoms with E-state index in [-0.39, 0.29) is 0 Å². The molecule has 3 rings (SSSR count). The molecule has 0 saturated heterocycles. The maximum absolute atomic E-state index is 6.06. The maximum Gasteiger partial charge on any atom is 0.230 e. The molecule has 2 N–H and O–H groups in total. The van der Waals surface area contributed by atoms with Gasteiger partial charge < -0.3 is 10.3 Å². The lowest BCUT2D eigenvalue weighted by molar-refractivity contribution is 0.768. The van der Waals surface area contributed by atoms with Gasteiger partial charge in [-0.2, -0.15) is 15.1 Å². The third-order valence-corrected chi connectivity index (χ3v) is 2.97. The average Bonchev–Trinajstić information content (AvgIpc) is 2.86. The number of halogens is 2. The molecule has 92 valence electrons. The minimum atomic E-state index is 0.303. The molecule has 0 aromatic carbocycles. The number of H-pyrrole nitrogens is 1. The zero-order chi connectivity index (χ0) is 12.7. The summed E-state index contributed by atoms with van der Waals surface area (Å²) in [7, 11) is 1.83. The number of hydrogen-bond donors (Lipinski definition) is 2. The standard InChI is InChI=1S/C10H8Cl2N6/c1-18-4-5(2-14-18)15-10-16-8(12)7-6(11)3-13-9(7)17-10/h2-4H,1H3,(H2,13,15,16,17). The molecule has 0 radical (unpaired) electrons. The third-order valence-electron chi connectivity index (χ3n) is 2.40. The summed E-state index contributed by atoms with van der Waals surface area (Å²) in [6, 6.07) is 0. The van der Waals surface area contributed by atoms with Gasteiger partial charge in [0.2, 0.25) is 5.95 Å². The predicted octanol–water partition coefficient (Wildman–Crippen LogP) is 2.74. The first-order valence-electron chi connectivity index (χ1n) is 5.09. The maximum atomic E-state index is 6.06. The van der Waals surface area contributed by atoms with Crippen molar-refractivity contribution in [2.45, 2.75) is 0 Å². The molecule has 18 heavy (non-hydrogen) atoms. The van der Waals surface area contributed by atoms with Gasteiger partial charge in [-0.3, -0.25) is 4.68 Å². The van der Waals surface area contributed by atoms with Crippen LogP contribution in [-0.2, 0) is 7.05 Å². The Morgan fingerprint density at radius 1 is 1.33 bits per heavy atom. The Bertz CT molecular complexity index is 716. The van der Waals surface area contributed by atoms with Gasteiger partial charge in [0.25, 0.3) is 0 Å². The van der Waals surface area contributed by atoms with Gasteiger partial charge in [-0.1, -0.05) is 23.2 Å². The summed E-state index contributed by atoms with van der Waals surface area (Å²) >= 11 is 12.0. The molecule has 3 aromatic rings. The van der Waals surface area contributed by atoms with E-state index in [9.17, 15) is 0 Å². The van der Waals surface area contributed by atoms with Crippen LogP contribution in [-0.4, -0.2) is 24.7 Å². The fraction of sp³-hybridized carbons (Fsp3) is 0.100. The van der Waals surface area contributed by atoms with Gasteiger partial charge in [0, 0.05) is 19.4 Å². The number of rotatable bonds is 2. The lowest BCUT2D eigenvalue weighted by Gasteiger charge is -2.02. The molecule has 8 heteroatoms. The van der Waals surface area contributed by atoms with Crippen molar-refractivity contribution in [1.29, 1.82) is 0 Å². The van der Waals surface area contributed by atoms with Gasteiger partial charge in [-0.05, 0) is 0 Å². The Hall–Kier alpha value is -1.79. The second-order valence-electron chi connectivity index (χ2n) is 3.73. The first-order valence-corrected chi connectivity index (χ1v) is 5.85. The number of hydrogen-bond acceptors (Lipinski definition) is 4. The molecule has 0 aliphatic rings. The number of nitrogens with zero attached hydrogens (tertiary/aromatic N) is 4. The lowest BCUT2D eigenvalue weighted by Crippen LogP contribution is -1.97. The Kier molecular flexibility index (Phi) is 2.61. The van der Waals surface area contributed by atoms with Crippen LogP contribution in [0.15, 0.2) is 18.6 Å². The van der Waals surface area contributed by atoms with E-state index in [0.717, 1.165) is 5.69 Å². The highest BCUT2D eigenvalue weighted by Crippen LogP contribution is 2.29. The molecular weight excluding hydrogens is 275 g/mol. The van der Waals surface area contributed by atoms with Crippen molar-refractivity contribution in [1.82, 2.24) is 24.7 Å². The van der Waals surface area contributed by atoms with Crippen molar-refractivity contribution in [3.63, 3.8) is 0 Å². The Morgan fingerprint density at radius 2 is 2.17 bits per heavy atom. The minimum absolute atomic E-state index is 0.303. The van der Waals surface area contributed by atoms with Crippen LogP contribution < -0.4 is 5.32 Å². The van der Waals surface area contributed by atoms with Crippen LogP contribution in [0.3, 0.4) is 0 Å². The van der Waals surface area contributed by atoms with Gasteiger partial charge in [-0.15, -0.1) is 0 Å². The summed E-state index contributed by atoms with van der Waals surface area (Å²) in [6.07, 6.45) is 5.10. The van der Waals surface area contributed by atoms with Crippen LogP contribution in [0.4, 0.5) is 11.6 Å². The van der Waals surface area contributed by atoms with Crippen molar-refractivity contribution < 1.29 is 0 Å². The van der Waals surface area contributed by atoms with Crippen LogP contribution in [0.25, 0.3) is 11.0 Å². The molecule has 0 amide bonds. The summed E-state index contributed by atoms with van der Waals surface area (Å²) < 4.78 is 1.67. The first kappa shape index (κ1) is 11.3. The molecule has 0 aliphatic heterocycles. The monoisotopic (exact) mass is 282 g/mol. The Balaban J connectivity index is 2.02. The number of nitrogens with one attached hydrogen (secondary N) is 2. The third kappa shape index (κ3) is 1.89. The van der Waals surface area contributed by atoms with Gasteiger partial charge in [0.1, 0.15) is 10.8 Å². The smallest absolute Gasteiger partial charge is 0.230 e. The van der Waals surface area contributed by atoms with Crippen molar-refractivity contribution in [3.8, 4) is 0 Å². The second-order valence-corrected chi connectivity index (χ2v) is 4.49. The normalized spacial score (nSPS) is 11.1.